The highest BCUT2D eigenvalue weighted by molar-refractivity contribution is 6.21. The molecule has 98 valence electrons. The number of methoxy groups -OCH3 is 1. The Balaban J connectivity index is 2.25. The molecule has 0 bridgehead atoms. The zero-order valence-electron chi connectivity index (χ0n) is 10.5. The molecule has 4 nitrogen and oxygen atoms in total. The van der Waals surface area contributed by atoms with E-state index < -0.39 is 4.92 Å². The van der Waals surface area contributed by atoms with Crippen LogP contribution < -0.4 is 4.74 Å². The van der Waals surface area contributed by atoms with Crippen LogP contribution in [0.4, 0.5) is 5.69 Å². The normalized spacial score (nSPS) is 18.2. The molecule has 2 rings (SSSR count). The molecule has 1 aliphatic carbocycles. The molecule has 1 saturated carbocycles. The summed E-state index contributed by atoms with van der Waals surface area (Å²) in [6.07, 6.45) is 2.98. The van der Waals surface area contributed by atoms with Gasteiger partial charge in [0.15, 0.2) is 5.75 Å². The third kappa shape index (κ3) is 2.43. The van der Waals surface area contributed by atoms with E-state index >= 15 is 0 Å². The van der Waals surface area contributed by atoms with Crippen molar-refractivity contribution in [2.45, 2.75) is 31.6 Å². The maximum Gasteiger partial charge on any atom is 0.311 e. The minimum Gasteiger partial charge on any atom is -0.490 e. The molecule has 0 aliphatic heterocycles. The second-order valence-electron chi connectivity index (χ2n) is 4.92. The van der Waals surface area contributed by atoms with Gasteiger partial charge in [-0.05, 0) is 43.2 Å². The minimum absolute atomic E-state index is 0.0213. The zero-order valence-corrected chi connectivity index (χ0v) is 11.2. The average Bonchev–Trinajstić information content (AvgIpc) is 3.10. The predicted molar refractivity (Wildman–Crippen MR) is 70.3 cm³/mol. The molecule has 1 aromatic rings. The first-order chi connectivity index (χ1) is 8.48. The van der Waals surface area contributed by atoms with Gasteiger partial charge in [-0.2, -0.15) is 0 Å². The van der Waals surface area contributed by atoms with E-state index in [1.54, 1.807) is 12.1 Å². The SMILES string of the molecule is COc1ccc(CC2(C(C)Cl)CC2)cc1[N+](=O)[O-]. The van der Waals surface area contributed by atoms with Crippen LogP contribution in [0.2, 0.25) is 0 Å². The Morgan fingerprint density at radius 3 is 2.67 bits per heavy atom. The van der Waals surface area contributed by atoms with Gasteiger partial charge in [0.05, 0.1) is 12.0 Å². The van der Waals surface area contributed by atoms with Crippen LogP contribution in [0.15, 0.2) is 18.2 Å². The highest BCUT2D eigenvalue weighted by atomic mass is 35.5. The summed E-state index contributed by atoms with van der Waals surface area (Å²) in [5, 5.41) is 11.0. The van der Waals surface area contributed by atoms with Gasteiger partial charge in [-0.1, -0.05) is 6.07 Å². The molecule has 0 heterocycles. The van der Waals surface area contributed by atoms with Crippen molar-refractivity contribution in [1.82, 2.24) is 0 Å². The quantitative estimate of drug-likeness (QED) is 0.467. The van der Waals surface area contributed by atoms with Crippen LogP contribution in [-0.2, 0) is 6.42 Å². The number of benzene rings is 1. The molecule has 5 heteroatoms. The molecule has 0 amide bonds. The summed E-state index contributed by atoms with van der Waals surface area (Å²) in [7, 11) is 1.44. The van der Waals surface area contributed by atoms with Gasteiger partial charge in [-0.15, -0.1) is 11.6 Å². The number of nitro benzene ring substituents is 1. The van der Waals surface area contributed by atoms with Crippen LogP contribution in [0.3, 0.4) is 0 Å². The lowest BCUT2D eigenvalue weighted by molar-refractivity contribution is -0.385. The van der Waals surface area contributed by atoms with E-state index in [1.165, 1.54) is 7.11 Å². The van der Waals surface area contributed by atoms with E-state index in [1.807, 2.05) is 13.0 Å². The average molecular weight is 270 g/mol. The molecule has 0 aromatic heterocycles. The van der Waals surface area contributed by atoms with Crippen LogP contribution in [0.25, 0.3) is 0 Å². The predicted octanol–water partition coefficient (Wildman–Crippen LogP) is 3.55. The molecule has 1 unspecified atom stereocenters. The number of rotatable bonds is 5. The van der Waals surface area contributed by atoms with Crippen molar-refractivity contribution in [3.8, 4) is 5.75 Å². The van der Waals surface area contributed by atoms with Gasteiger partial charge in [0.2, 0.25) is 0 Å². The monoisotopic (exact) mass is 269 g/mol. The van der Waals surface area contributed by atoms with Gasteiger partial charge in [-0.25, -0.2) is 0 Å². The first-order valence-corrected chi connectivity index (χ1v) is 6.37. The molecular formula is C13H16ClNO3. The number of ether oxygens (including phenoxy) is 1. The van der Waals surface area contributed by atoms with E-state index in [4.69, 9.17) is 16.3 Å². The summed E-state index contributed by atoms with van der Waals surface area (Å²) in [6.45, 7) is 1.99. The molecule has 0 saturated heterocycles. The molecule has 1 aromatic carbocycles. The Morgan fingerprint density at radius 1 is 1.56 bits per heavy atom. The van der Waals surface area contributed by atoms with Crippen LogP contribution in [0, 0.1) is 15.5 Å². The van der Waals surface area contributed by atoms with Crippen molar-refractivity contribution < 1.29 is 9.66 Å². The fourth-order valence-corrected chi connectivity index (χ4v) is 2.57. The van der Waals surface area contributed by atoms with Crippen LogP contribution in [-0.4, -0.2) is 17.4 Å². The van der Waals surface area contributed by atoms with Gasteiger partial charge in [0.1, 0.15) is 0 Å². The van der Waals surface area contributed by atoms with E-state index in [2.05, 4.69) is 0 Å². The van der Waals surface area contributed by atoms with Crippen LogP contribution >= 0.6 is 11.6 Å². The van der Waals surface area contributed by atoms with Crippen molar-refractivity contribution in [1.29, 1.82) is 0 Å². The summed E-state index contributed by atoms with van der Waals surface area (Å²) in [4.78, 5) is 10.5. The molecule has 0 spiro atoms. The minimum atomic E-state index is -0.411. The standard InChI is InChI=1S/C13H16ClNO3/c1-9(14)13(5-6-13)8-10-3-4-12(18-2)11(7-10)15(16)17/h3-4,7,9H,5-6,8H2,1-2H3. The lowest BCUT2D eigenvalue weighted by Gasteiger charge is -2.17. The number of nitro groups is 1. The summed E-state index contributed by atoms with van der Waals surface area (Å²) < 4.78 is 4.99. The van der Waals surface area contributed by atoms with Gasteiger partial charge >= 0.3 is 5.69 Å². The number of halogens is 1. The maximum absolute atomic E-state index is 10.9. The largest absolute Gasteiger partial charge is 0.490 e. The van der Waals surface area contributed by atoms with Gasteiger partial charge in [0, 0.05) is 11.4 Å². The molecule has 18 heavy (non-hydrogen) atoms. The number of nitrogens with zero attached hydrogens (tertiary/aromatic N) is 1. The fourth-order valence-electron chi connectivity index (χ4n) is 2.27. The second-order valence-corrected chi connectivity index (χ2v) is 5.57. The molecule has 0 N–H and O–H groups in total. The molecular weight excluding hydrogens is 254 g/mol. The van der Waals surface area contributed by atoms with E-state index in [0.717, 1.165) is 24.8 Å². The molecule has 0 radical (unpaired) electrons. The van der Waals surface area contributed by atoms with Crippen molar-refractivity contribution >= 4 is 17.3 Å². The van der Waals surface area contributed by atoms with Gasteiger partial charge < -0.3 is 4.74 Å². The van der Waals surface area contributed by atoms with E-state index in [-0.39, 0.29) is 16.5 Å². The third-order valence-electron chi connectivity index (χ3n) is 3.73. The highest BCUT2D eigenvalue weighted by Crippen LogP contribution is 2.53. The Labute approximate surface area is 111 Å². The van der Waals surface area contributed by atoms with Crippen LogP contribution in [0.1, 0.15) is 25.3 Å². The van der Waals surface area contributed by atoms with Crippen molar-refractivity contribution in [3.05, 3.63) is 33.9 Å². The van der Waals surface area contributed by atoms with E-state index in [9.17, 15) is 10.1 Å². The van der Waals surface area contributed by atoms with Gasteiger partial charge in [0.25, 0.3) is 0 Å². The topological polar surface area (TPSA) is 52.4 Å². The summed E-state index contributed by atoms with van der Waals surface area (Å²) in [5.74, 6) is 0.299. The first-order valence-electron chi connectivity index (χ1n) is 5.94. The molecule has 1 fully saturated rings. The Morgan fingerprint density at radius 2 is 2.22 bits per heavy atom. The molecule has 1 atom stereocenters. The second kappa shape index (κ2) is 4.76. The van der Waals surface area contributed by atoms with E-state index in [0.29, 0.717) is 5.75 Å². The summed E-state index contributed by atoms with van der Waals surface area (Å²) in [6, 6.07) is 5.13. The maximum atomic E-state index is 10.9. The Kier molecular flexibility index (Phi) is 3.48. The third-order valence-corrected chi connectivity index (χ3v) is 4.20. The lowest BCUT2D eigenvalue weighted by Crippen LogP contribution is -2.15. The van der Waals surface area contributed by atoms with Crippen molar-refractivity contribution in [2.75, 3.05) is 7.11 Å². The van der Waals surface area contributed by atoms with Crippen LogP contribution in [0.5, 0.6) is 5.75 Å². The first kappa shape index (κ1) is 13.1. The number of alkyl halides is 1. The van der Waals surface area contributed by atoms with Crippen molar-refractivity contribution in [2.24, 2.45) is 5.41 Å². The lowest BCUT2D eigenvalue weighted by atomic mass is 9.93. The summed E-state index contributed by atoms with van der Waals surface area (Å²) >= 11 is 6.18. The Hall–Kier alpha value is -1.29. The summed E-state index contributed by atoms with van der Waals surface area (Å²) in [5.41, 5.74) is 1.10. The fraction of sp³-hybridized carbons (Fsp3) is 0.538. The smallest absolute Gasteiger partial charge is 0.311 e. The number of hydrogen-bond donors (Lipinski definition) is 0. The Bertz CT molecular complexity index is 469. The van der Waals surface area contributed by atoms with Crippen molar-refractivity contribution in [3.63, 3.8) is 0 Å². The highest BCUT2D eigenvalue weighted by Gasteiger charge is 2.46. The van der Waals surface area contributed by atoms with Gasteiger partial charge in [-0.3, -0.25) is 10.1 Å². The number of hydrogen-bond acceptors (Lipinski definition) is 3. The zero-order chi connectivity index (χ0) is 13.3. The molecule has 1 aliphatic rings.